The predicted molar refractivity (Wildman–Crippen MR) is 98.9 cm³/mol. The van der Waals surface area contributed by atoms with E-state index in [1.807, 2.05) is 27.3 Å². The first-order valence-electron chi connectivity index (χ1n) is 8.96. The van der Waals surface area contributed by atoms with Crippen LogP contribution in [0.25, 0.3) is 0 Å². The fraction of sp³-hybridized carbons (Fsp3) is 0.389. The van der Waals surface area contributed by atoms with E-state index in [1.54, 1.807) is 30.9 Å². The molecule has 9 heteroatoms. The molecule has 1 saturated heterocycles. The summed E-state index contributed by atoms with van der Waals surface area (Å²) in [4.78, 5) is 22.7. The highest BCUT2D eigenvalue weighted by Gasteiger charge is 2.29. The van der Waals surface area contributed by atoms with Gasteiger partial charge in [0.15, 0.2) is 5.82 Å². The van der Waals surface area contributed by atoms with E-state index in [9.17, 15) is 4.79 Å². The van der Waals surface area contributed by atoms with E-state index < -0.39 is 0 Å². The lowest BCUT2D eigenvalue weighted by molar-refractivity contribution is 0.0703. The molecule has 2 N–H and O–H groups in total. The Morgan fingerprint density at radius 1 is 1.33 bits per heavy atom. The second-order valence-corrected chi connectivity index (χ2v) is 6.83. The molecule has 27 heavy (non-hydrogen) atoms. The minimum Gasteiger partial charge on any atom is -0.384 e. The molecule has 0 bridgehead atoms. The molecule has 0 spiro atoms. The van der Waals surface area contributed by atoms with Gasteiger partial charge in [0.05, 0.1) is 12.9 Å². The van der Waals surface area contributed by atoms with Gasteiger partial charge in [-0.05, 0) is 25.0 Å². The van der Waals surface area contributed by atoms with Gasteiger partial charge in [-0.25, -0.2) is 9.97 Å². The summed E-state index contributed by atoms with van der Waals surface area (Å²) in [6.07, 6.45) is 8.88. The number of carbonyl (C=O) groups is 1. The van der Waals surface area contributed by atoms with Gasteiger partial charge >= 0.3 is 0 Å². The Balaban J connectivity index is 1.50. The average Bonchev–Trinajstić information content (AvgIpc) is 3.32. The van der Waals surface area contributed by atoms with Crippen molar-refractivity contribution in [3.8, 4) is 0 Å². The lowest BCUT2D eigenvalue weighted by Crippen LogP contribution is -2.39. The maximum absolute atomic E-state index is 12.8. The molecular weight excluding hydrogens is 344 g/mol. The zero-order chi connectivity index (χ0) is 18.8. The molecule has 3 aromatic rings. The first kappa shape index (κ1) is 17.2. The number of hydrogen-bond donors (Lipinski definition) is 1. The zero-order valence-corrected chi connectivity index (χ0v) is 15.2. The van der Waals surface area contributed by atoms with E-state index in [0.29, 0.717) is 24.5 Å². The lowest BCUT2D eigenvalue weighted by Gasteiger charge is -2.32. The Labute approximate surface area is 156 Å². The molecule has 4 rings (SSSR count). The van der Waals surface area contributed by atoms with Crippen LogP contribution in [-0.4, -0.2) is 53.2 Å². The fourth-order valence-electron chi connectivity index (χ4n) is 3.55. The number of imidazole rings is 1. The molecule has 1 atom stereocenters. The maximum Gasteiger partial charge on any atom is 0.254 e. The SMILES string of the molecule is Cn1c(Cn2ccnc2)nnc1[C@@H]1CCCN(C(=O)c2ccnc(N)c2)C1. The molecule has 9 nitrogen and oxygen atoms in total. The van der Waals surface area contributed by atoms with Crippen molar-refractivity contribution in [2.24, 2.45) is 7.05 Å². The van der Waals surface area contributed by atoms with E-state index in [1.165, 1.54) is 0 Å². The van der Waals surface area contributed by atoms with Gasteiger partial charge < -0.3 is 19.8 Å². The van der Waals surface area contributed by atoms with Gasteiger partial charge in [-0.2, -0.15) is 0 Å². The van der Waals surface area contributed by atoms with Crippen LogP contribution < -0.4 is 5.73 Å². The quantitative estimate of drug-likeness (QED) is 0.740. The molecule has 1 aliphatic heterocycles. The molecule has 3 aromatic heterocycles. The summed E-state index contributed by atoms with van der Waals surface area (Å²) < 4.78 is 3.99. The van der Waals surface area contributed by atoms with E-state index in [4.69, 9.17) is 5.73 Å². The van der Waals surface area contributed by atoms with E-state index in [0.717, 1.165) is 31.0 Å². The first-order valence-corrected chi connectivity index (χ1v) is 8.96. The van der Waals surface area contributed by atoms with Crippen LogP contribution in [0, 0.1) is 0 Å². The third-order valence-electron chi connectivity index (χ3n) is 4.98. The number of nitrogen functional groups attached to an aromatic ring is 1. The van der Waals surface area contributed by atoms with Crippen molar-refractivity contribution in [1.29, 1.82) is 0 Å². The number of likely N-dealkylation sites (tertiary alicyclic amines) is 1. The number of rotatable bonds is 4. The Bertz CT molecular complexity index is 933. The number of nitrogens with two attached hydrogens (primary N) is 1. The Hall–Kier alpha value is -3.23. The summed E-state index contributed by atoms with van der Waals surface area (Å²) in [6.45, 7) is 1.98. The number of pyridine rings is 1. The molecule has 0 saturated carbocycles. The van der Waals surface area contributed by atoms with Crippen LogP contribution in [0.2, 0.25) is 0 Å². The monoisotopic (exact) mass is 366 g/mol. The molecule has 0 unspecified atom stereocenters. The van der Waals surface area contributed by atoms with Crippen molar-refractivity contribution in [2.45, 2.75) is 25.3 Å². The molecule has 1 fully saturated rings. The van der Waals surface area contributed by atoms with Crippen molar-refractivity contribution in [1.82, 2.24) is 34.2 Å². The van der Waals surface area contributed by atoms with Crippen molar-refractivity contribution < 1.29 is 4.79 Å². The summed E-state index contributed by atoms with van der Waals surface area (Å²) in [7, 11) is 1.98. The van der Waals surface area contributed by atoms with Crippen LogP contribution in [-0.2, 0) is 13.6 Å². The molecule has 0 aromatic carbocycles. The van der Waals surface area contributed by atoms with Gasteiger partial charge in [0.2, 0.25) is 0 Å². The highest BCUT2D eigenvalue weighted by molar-refractivity contribution is 5.94. The summed E-state index contributed by atoms with van der Waals surface area (Å²) >= 11 is 0. The van der Waals surface area contributed by atoms with Gasteiger partial charge in [-0.1, -0.05) is 0 Å². The molecule has 4 heterocycles. The molecule has 0 radical (unpaired) electrons. The summed E-state index contributed by atoms with van der Waals surface area (Å²) in [5.41, 5.74) is 6.28. The van der Waals surface area contributed by atoms with Crippen molar-refractivity contribution in [3.05, 3.63) is 54.3 Å². The normalized spacial score (nSPS) is 17.2. The molecule has 140 valence electrons. The highest BCUT2D eigenvalue weighted by atomic mass is 16.2. The second-order valence-electron chi connectivity index (χ2n) is 6.83. The number of aromatic nitrogens is 6. The number of anilines is 1. The fourth-order valence-corrected chi connectivity index (χ4v) is 3.55. The van der Waals surface area contributed by atoms with Crippen LogP contribution in [0.15, 0.2) is 37.1 Å². The third kappa shape index (κ3) is 3.53. The van der Waals surface area contributed by atoms with Gasteiger partial charge in [0, 0.05) is 50.2 Å². The highest BCUT2D eigenvalue weighted by Crippen LogP contribution is 2.27. The van der Waals surface area contributed by atoms with Gasteiger partial charge in [-0.15, -0.1) is 10.2 Å². The first-order chi connectivity index (χ1) is 13.1. The minimum atomic E-state index is -0.0189. The largest absolute Gasteiger partial charge is 0.384 e. The van der Waals surface area contributed by atoms with E-state index in [2.05, 4.69) is 20.2 Å². The summed E-state index contributed by atoms with van der Waals surface area (Å²) in [5, 5.41) is 8.75. The zero-order valence-electron chi connectivity index (χ0n) is 15.2. The number of piperidine rings is 1. The Morgan fingerprint density at radius 3 is 3.00 bits per heavy atom. The van der Waals surface area contributed by atoms with Crippen molar-refractivity contribution >= 4 is 11.7 Å². The number of hydrogen-bond acceptors (Lipinski definition) is 6. The van der Waals surface area contributed by atoms with Crippen LogP contribution >= 0.6 is 0 Å². The maximum atomic E-state index is 12.8. The topological polar surface area (TPSA) is 108 Å². The smallest absolute Gasteiger partial charge is 0.254 e. The summed E-state index contributed by atoms with van der Waals surface area (Å²) in [6, 6.07) is 3.32. The molecule has 1 amide bonds. The summed E-state index contributed by atoms with van der Waals surface area (Å²) in [5.74, 6) is 2.28. The second kappa shape index (κ2) is 7.18. The van der Waals surface area contributed by atoms with Crippen molar-refractivity contribution in [3.63, 3.8) is 0 Å². The standard InChI is InChI=1S/C18H22N8O/c1-24-16(11-25-8-6-20-12-25)22-23-17(24)14-3-2-7-26(10-14)18(27)13-4-5-21-15(19)9-13/h4-6,8-9,12,14H,2-3,7,10-11H2,1H3,(H2,19,21)/t14-/m1/s1. The average molecular weight is 366 g/mol. The van der Waals surface area contributed by atoms with Gasteiger partial charge in [0.25, 0.3) is 5.91 Å². The van der Waals surface area contributed by atoms with Crippen LogP contribution in [0.5, 0.6) is 0 Å². The molecular formula is C18H22N8O. The number of nitrogens with zero attached hydrogens (tertiary/aromatic N) is 7. The molecule has 1 aliphatic rings. The van der Waals surface area contributed by atoms with E-state index >= 15 is 0 Å². The van der Waals surface area contributed by atoms with Crippen LogP contribution in [0.3, 0.4) is 0 Å². The number of carbonyl (C=O) groups excluding carboxylic acids is 1. The predicted octanol–water partition coefficient (Wildman–Crippen LogP) is 1.06. The lowest BCUT2D eigenvalue weighted by atomic mass is 9.96. The van der Waals surface area contributed by atoms with Crippen LogP contribution in [0.4, 0.5) is 5.82 Å². The Kier molecular flexibility index (Phi) is 4.57. The van der Waals surface area contributed by atoms with Gasteiger partial charge in [0.1, 0.15) is 11.6 Å². The Morgan fingerprint density at radius 2 is 2.22 bits per heavy atom. The van der Waals surface area contributed by atoms with Crippen LogP contribution in [0.1, 0.15) is 40.8 Å². The minimum absolute atomic E-state index is 0.0189. The third-order valence-corrected chi connectivity index (χ3v) is 4.98. The van der Waals surface area contributed by atoms with Gasteiger partial charge in [-0.3, -0.25) is 4.79 Å². The number of amides is 1. The van der Waals surface area contributed by atoms with Crippen molar-refractivity contribution in [2.75, 3.05) is 18.8 Å². The van der Waals surface area contributed by atoms with E-state index in [-0.39, 0.29) is 11.8 Å². The molecule has 0 aliphatic carbocycles.